The highest BCUT2D eigenvalue weighted by atomic mass is 32.1. The van der Waals surface area contributed by atoms with Gasteiger partial charge in [-0.15, -0.1) is 11.3 Å². The predicted molar refractivity (Wildman–Crippen MR) is 79.3 cm³/mol. The van der Waals surface area contributed by atoms with Crippen LogP contribution >= 0.6 is 11.3 Å². The third kappa shape index (κ3) is 2.56. The van der Waals surface area contributed by atoms with Crippen LogP contribution in [0.4, 0.5) is 0 Å². The van der Waals surface area contributed by atoms with Crippen LogP contribution in [0.25, 0.3) is 11.3 Å². The van der Waals surface area contributed by atoms with E-state index in [0.717, 1.165) is 16.3 Å². The van der Waals surface area contributed by atoms with Crippen molar-refractivity contribution in [3.63, 3.8) is 0 Å². The first-order chi connectivity index (χ1) is 9.34. The average Bonchev–Trinajstić information content (AvgIpc) is 2.98. The molecule has 1 atom stereocenters. The van der Waals surface area contributed by atoms with E-state index in [2.05, 4.69) is 41.6 Å². The van der Waals surface area contributed by atoms with Crippen molar-refractivity contribution in [2.75, 3.05) is 0 Å². The molecule has 0 radical (unpaired) electrons. The summed E-state index contributed by atoms with van der Waals surface area (Å²) in [5.74, 6) is 0.335. The number of hydrogen-bond donors (Lipinski definition) is 0. The van der Waals surface area contributed by atoms with Crippen LogP contribution in [-0.2, 0) is 0 Å². The van der Waals surface area contributed by atoms with Gasteiger partial charge in [0, 0.05) is 29.3 Å². The van der Waals surface area contributed by atoms with Crippen LogP contribution in [0.15, 0.2) is 60.2 Å². The highest BCUT2D eigenvalue weighted by molar-refractivity contribution is 7.10. The normalized spacial score (nSPS) is 12.3. The molecular weight excluding hydrogens is 252 g/mol. The van der Waals surface area contributed by atoms with E-state index in [4.69, 9.17) is 4.98 Å². The second-order valence-corrected chi connectivity index (χ2v) is 5.33. The molecule has 0 amide bonds. The van der Waals surface area contributed by atoms with E-state index >= 15 is 0 Å². The Kier molecular flexibility index (Phi) is 3.38. The highest BCUT2D eigenvalue weighted by Gasteiger charge is 2.13. The van der Waals surface area contributed by atoms with Crippen molar-refractivity contribution in [1.29, 1.82) is 0 Å². The number of thiazole rings is 1. The largest absolute Gasteiger partial charge is 0.265 e. The molecule has 2 aromatic heterocycles. The molecule has 3 rings (SSSR count). The molecule has 0 spiro atoms. The summed E-state index contributed by atoms with van der Waals surface area (Å²) in [5.41, 5.74) is 3.46. The Morgan fingerprint density at radius 3 is 2.47 bits per heavy atom. The second-order valence-electron chi connectivity index (χ2n) is 4.44. The van der Waals surface area contributed by atoms with Crippen molar-refractivity contribution in [1.82, 2.24) is 9.97 Å². The molecule has 19 heavy (non-hydrogen) atoms. The van der Waals surface area contributed by atoms with Gasteiger partial charge in [0.1, 0.15) is 5.01 Å². The van der Waals surface area contributed by atoms with E-state index in [1.54, 1.807) is 23.7 Å². The van der Waals surface area contributed by atoms with Crippen LogP contribution in [0, 0.1) is 0 Å². The molecule has 0 N–H and O–H groups in total. The number of hydrogen-bond acceptors (Lipinski definition) is 3. The lowest BCUT2D eigenvalue weighted by molar-refractivity contribution is 0.906. The van der Waals surface area contributed by atoms with Crippen molar-refractivity contribution in [2.45, 2.75) is 12.8 Å². The van der Waals surface area contributed by atoms with Gasteiger partial charge in [-0.05, 0) is 17.7 Å². The fraction of sp³-hybridized carbons (Fsp3) is 0.125. The summed E-state index contributed by atoms with van der Waals surface area (Å²) in [6, 6.07) is 14.5. The van der Waals surface area contributed by atoms with Gasteiger partial charge in [-0.2, -0.15) is 0 Å². The molecule has 3 heteroatoms. The van der Waals surface area contributed by atoms with E-state index in [1.807, 2.05) is 18.2 Å². The average molecular weight is 266 g/mol. The molecule has 2 heterocycles. The van der Waals surface area contributed by atoms with Gasteiger partial charge in [0.2, 0.25) is 0 Å². The van der Waals surface area contributed by atoms with Gasteiger partial charge in [0.15, 0.2) is 0 Å². The summed E-state index contributed by atoms with van der Waals surface area (Å²) in [4.78, 5) is 8.78. The monoisotopic (exact) mass is 266 g/mol. The van der Waals surface area contributed by atoms with Crippen molar-refractivity contribution >= 4 is 11.3 Å². The van der Waals surface area contributed by atoms with Crippen LogP contribution in [0.1, 0.15) is 23.4 Å². The summed E-state index contributed by atoms with van der Waals surface area (Å²) in [6.07, 6.45) is 3.60. The highest BCUT2D eigenvalue weighted by Crippen LogP contribution is 2.29. The molecule has 94 valence electrons. The zero-order chi connectivity index (χ0) is 13.1. The summed E-state index contributed by atoms with van der Waals surface area (Å²) in [5, 5.41) is 3.27. The van der Waals surface area contributed by atoms with Crippen molar-refractivity contribution in [2.24, 2.45) is 0 Å². The number of benzene rings is 1. The van der Waals surface area contributed by atoms with Gasteiger partial charge in [-0.1, -0.05) is 37.3 Å². The SMILES string of the molecule is CC(c1ccccc1)c1nc(-c2ccncc2)cs1. The molecule has 0 aliphatic carbocycles. The van der Waals surface area contributed by atoms with Crippen LogP contribution in [0.3, 0.4) is 0 Å². The van der Waals surface area contributed by atoms with E-state index in [-0.39, 0.29) is 0 Å². The Labute approximate surface area is 116 Å². The Hall–Kier alpha value is -2.00. The Morgan fingerprint density at radius 2 is 1.74 bits per heavy atom. The van der Waals surface area contributed by atoms with Crippen molar-refractivity contribution in [3.8, 4) is 11.3 Å². The fourth-order valence-corrected chi connectivity index (χ4v) is 2.94. The lowest BCUT2D eigenvalue weighted by atomic mass is 10.0. The van der Waals surface area contributed by atoms with Gasteiger partial charge in [0.05, 0.1) is 5.69 Å². The molecule has 1 unspecified atom stereocenters. The van der Waals surface area contributed by atoms with Gasteiger partial charge in [-0.3, -0.25) is 4.98 Å². The maximum absolute atomic E-state index is 4.75. The zero-order valence-electron chi connectivity index (χ0n) is 10.7. The number of rotatable bonds is 3. The third-order valence-corrected chi connectivity index (χ3v) is 4.20. The third-order valence-electron chi connectivity index (χ3n) is 3.17. The molecule has 0 aliphatic rings. The van der Waals surface area contributed by atoms with E-state index in [1.165, 1.54) is 5.56 Å². The zero-order valence-corrected chi connectivity index (χ0v) is 11.5. The van der Waals surface area contributed by atoms with Gasteiger partial charge in [-0.25, -0.2) is 4.98 Å². The molecule has 0 bridgehead atoms. The summed E-state index contributed by atoms with van der Waals surface area (Å²) < 4.78 is 0. The number of nitrogens with zero attached hydrogens (tertiary/aromatic N) is 2. The molecule has 0 saturated heterocycles. The molecule has 1 aromatic carbocycles. The van der Waals surface area contributed by atoms with E-state index in [9.17, 15) is 0 Å². The van der Waals surface area contributed by atoms with E-state index in [0.29, 0.717) is 5.92 Å². The minimum atomic E-state index is 0.335. The van der Waals surface area contributed by atoms with Crippen molar-refractivity contribution < 1.29 is 0 Å². The molecule has 0 saturated carbocycles. The Bertz CT molecular complexity index is 647. The van der Waals surface area contributed by atoms with Crippen LogP contribution in [0.5, 0.6) is 0 Å². The summed E-state index contributed by atoms with van der Waals surface area (Å²) >= 11 is 1.72. The molecule has 0 fully saturated rings. The van der Waals surface area contributed by atoms with Gasteiger partial charge in [0.25, 0.3) is 0 Å². The minimum absolute atomic E-state index is 0.335. The second kappa shape index (κ2) is 5.33. The Morgan fingerprint density at radius 1 is 1.00 bits per heavy atom. The fourth-order valence-electron chi connectivity index (χ4n) is 2.03. The molecule has 2 nitrogen and oxygen atoms in total. The number of aromatic nitrogens is 2. The lowest BCUT2D eigenvalue weighted by Gasteiger charge is -2.07. The van der Waals surface area contributed by atoms with Crippen molar-refractivity contribution in [3.05, 3.63) is 70.8 Å². The minimum Gasteiger partial charge on any atom is -0.265 e. The van der Waals surface area contributed by atoms with Gasteiger partial charge < -0.3 is 0 Å². The first-order valence-electron chi connectivity index (χ1n) is 6.25. The van der Waals surface area contributed by atoms with Crippen LogP contribution in [-0.4, -0.2) is 9.97 Å². The first-order valence-corrected chi connectivity index (χ1v) is 7.13. The Balaban J connectivity index is 1.90. The first kappa shape index (κ1) is 12.1. The predicted octanol–water partition coefficient (Wildman–Crippen LogP) is 4.36. The van der Waals surface area contributed by atoms with Crippen LogP contribution in [0.2, 0.25) is 0 Å². The summed E-state index contributed by atoms with van der Waals surface area (Å²) in [6.45, 7) is 2.20. The molecular formula is C16H14N2S. The van der Waals surface area contributed by atoms with Crippen LogP contribution < -0.4 is 0 Å². The number of pyridine rings is 1. The van der Waals surface area contributed by atoms with E-state index < -0.39 is 0 Å². The maximum atomic E-state index is 4.75. The smallest absolute Gasteiger partial charge is 0.100 e. The lowest BCUT2D eigenvalue weighted by Crippen LogP contribution is -1.94. The van der Waals surface area contributed by atoms with Gasteiger partial charge >= 0.3 is 0 Å². The molecule has 3 aromatic rings. The standard InChI is InChI=1S/C16H14N2S/c1-12(13-5-3-2-4-6-13)16-18-15(11-19-16)14-7-9-17-10-8-14/h2-12H,1H3. The maximum Gasteiger partial charge on any atom is 0.100 e. The molecule has 0 aliphatic heterocycles. The topological polar surface area (TPSA) is 25.8 Å². The summed E-state index contributed by atoms with van der Waals surface area (Å²) in [7, 11) is 0. The quantitative estimate of drug-likeness (QED) is 0.704.